The van der Waals surface area contributed by atoms with Gasteiger partial charge < -0.3 is 26.4 Å². The highest BCUT2D eigenvalue weighted by molar-refractivity contribution is 5.76. The molecule has 138 valence electrons. The van der Waals surface area contributed by atoms with E-state index >= 15 is 0 Å². The van der Waals surface area contributed by atoms with Crippen LogP contribution < -0.4 is 21.5 Å². The van der Waals surface area contributed by atoms with Gasteiger partial charge in [-0.2, -0.15) is 0 Å². The number of hydrogen-bond acceptors (Lipinski definition) is 4. The minimum Gasteiger partial charge on any atom is -0.492 e. The number of nitrogens with one attached hydrogen (secondary N) is 1. The van der Waals surface area contributed by atoms with Gasteiger partial charge in [-0.15, -0.1) is 0 Å². The summed E-state index contributed by atoms with van der Waals surface area (Å²) in [6.07, 6.45) is 2.00. The van der Waals surface area contributed by atoms with Gasteiger partial charge in [0.2, 0.25) is 0 Å². The molecule has 1 aromatic carbocycles. The van der Waals surface area contributed by atoms with Crippen LogP contribution in [0.15, 0.2) is 24.8 Å². The summed E-state index contributed by atoms with van der Waals surface area (Å²) in [7, 11) is 0. The molecule has 1 fully saturated rings. The van der Waals surface area contributed by atoms with Gasteiger partial charge >= 0.3 is 6.03 Å². The number of ether oxygens (including phenoxy) is 1. The molecule has 1 aliphatic rings. The zero-order valence-electron chi connectivity index (χ0n) is 15.5. The Morgan fingerprint density at radius 3 is 2.80 bits per heavy atom. The lowest BCUT2D eigenvalue weighted by molar-refractivity contribution is 0.133. The molecule has 0 radical (unpaired) electrons. The predicted molar refractivity (Wildman–Crippen MR) is 102 cm³/mol. The Morgan fingerprint density at radius 2 is 2.16 bits per heavy atom. The van der Waals surface area contributed by atoms with E-state index in [2.05, 4.69) is 11.9 Å². The number of anilines is 1. The van der Waals surface area contributed by atoms with Crippen molar-refractivity contribution in [3.63, 3.8) is 0 Å². The fourth-order valence-corrected chi connectivity index (χ4v) is 3.01. The second-order valence-electron chi connectivity index (χ2n) is 7.69. The third kappa shape index (κ3) is 5.31. The molecule has 1 unspecified atom stereocenters. The highest BCUT2D eigenvalue weighted by atomic mass is 16.5. The van der Waals surface area contributed by atoms with Crippen LogP contribution in [0.5, 0.6) is 5.75 Å². The molecule has 0 aliphatic carbocycles. The van der Waals surface area contributed by atoms with Crippen LogP contribution in [-0.4, -0.2) is 36.2 Å². The van der Waals surface area contributed by atoms with Gasteiger partial charge in [0.05, 0.1) is 12.2 Å². The summed E-state index contributed by atoms with van der Waals surface area (Å²) >= 11 is 0. The topological polar surface area (TPSA) is 93.6 Å². The molecule has 1 saturated heterocycles. The zero-order valence-corrected chi connectivity index (χ0v) is 15.5. The summed E-state index contributed by atoms with van der Waals surface area (Å²) in [5.74, 6) is 0.920. The van der Waals surface area contributed by atoms with Crippen molar-refractivity contribution in [3.8, 4) is 5.75 Å². The first-order valence-electron chi connectivity index (χ1n) is 8.70. The monoisotopic (exact) mass is 346 g/mol. The number of carbonyl (C=O) groups excluding carboxylic acids is 1. The van der Waals surface area contributed by atoms with Crippen molar-refractivity contribution in [2.75, 3.05) is 25.4 Å². The fourth-order valence-electron chi connectivity index (χ4n) is 3.01. The Morgan fingerprint density at radius 1 is 1.44 bits per heavy atom. The van der Waals surface area contributed by atoms with Crippen molar-refractivity contribution in [1.29, 1.82) is 0 Å². The Kier molecular flexibility index (Phi) is 5.82. The fraction of sp³-hybridized carbons (Fsp3) is 0.526. The Bertz CT molecular complexity index is 637. The number of rotatable bonds is 4. The predicted octanol–water partition coefficient (Wildman–Crippen LogP) is 2.80. The normalized spacial score (nSPS) is 17.9. The SMILES string of the molecule is C=C(N)c1c(N)cccc1OCC1CCCN(C(=O)NC(C)(C)C)C1. The van der Waals surface area contributed by atoms with Crippen LogP contribution in [0.2, 0.25) is 0 Å². The van der Waals surface area contributed by atoms with Crippen LogP contribution in [0, 0.1) is 5.92 Å². The molecule has 2 amide bonds. The van der Waals surface area contributed by atoms with Gasteiger partial charge in [0.25, 0.3) is 0 Å². The number of nitrogens with two attached hydrogens (primary N) is 2. The van der Waals surface area contributed by atoms with Crippen molar-refractivity contribution in [3.05, 3.63) is 30.3 Å². The molecular formula is C19H30N4O2. The number of nitrogen functional groups attached to an aromatic ring is 1. The van der Waals surface area contributed by atoms with Gasteiger partial charge in [-0.25, -0.2) is 4.79 Å². The lowest BCUT2D eigenvalue weighted by Crippen LogP contribution is -2.51. The second-order valence-corrected chi connectivity index (χ2v) is 7.69. The first-order valence-corrected chi connectivity index (χ1v) is 8.70. The minimum atomic E-state index is -0.238. The molecule has 0 aromatic heterocycles. The molecule has 1 aliphatic heterocycles. The van der Waals surface area contributed by atoms with E-state index in [1.807, 2.05) is 37.8 Å². The number of carbonyl (C=O) groups is 1. The second kappa shape index (κ2) is 7.68. The number of amides is 2. The molecule has 5 N–H and O–H groups in total. The number of piperidine rings is 1. The molecule has 6 nitrogen and oxygen atoms in total. The maximum absolute atomic E-state index is 12.4. The minimum absolute atomic E-state index is 0.0165. The number of likely N-dealkylation sites (tertiary alicyclic amines) is 1. The standard InChI is InChI=1S/C19H30N4O2/c1-13(20)17-15(21)8-5-9-16(17)25-12-14-7-6-10-23(11-14)18(24)22-19(2,3)4/h5,8-9,14H,1,6-7,10-12,20-21H2,2-4H3,(H,22,24). The summed E-state index contributed by atoms with van der Waals surface area (Å²) < 4.78 is 5.97. The maximum Gasteiger partial charge on any atom is 0.317 e. The summed E-state index contributed by atoms with van der Waals surface area (Å²) in [5.41, 5.74) is 13.2. The lowest BCUT2D eigenvalue weighted by atomic mass is 9.99. The smallest absolute Gasteiger partial charge is 0.317 e. The number of nitrogens with zero attached hydrogens (tertiary/aromatic N) is 1. The quantitative estimate of drug-likeness (QED) is 0.731. The van der Waals surface area contributed by atoms with Gasteiger partial charge in [0, 0.05) is 35.9 Å². The molecule has 0 bridgehead atoms. The summed E-state index contributed by atoms with van der Waals surface area (Å²) in [5, 5.41) is 3.02. The van der Waals surface area contributed by atoms with Crippen molar-refractivity contribution in [2.24, 2.45) is 11.7 Å². The zero-order chi connectivity index (χ0) is 18.6. The van der Waals surface area contributed by atoms with E-state index in [4.69, 9.17) is 16.2 Å². The van der Waals surface area contributed by atoms with Crippen molar-refractivity contribution in [2.45, 2.75) is 39.2 Å². The summed E-state index contributed by atoms with van der Waals surface area (Å²) in [4.78, 5) is 14.2. The highest BCUT2D eigenvalue weighted by Gasteiger charge is 2.26. The highest BCUT2D eigenvalue weighted by Crippen LogP contribution is 2.29. The van der Waals surface area contributed by atoms with E-state index in [9.17, 15) is 4.79 Å². The van der Waals surface area contributed by atoms with Crippen LogP contribution in [0.25, 0.3) is 5.70 Å². The van der Waals surface area contributed by atoms with Crippen LogP contribution >= 0.6 is 0 Å². The van der Waals surface area contributed by atoms with E-state index in [0.717, 1.165) is 19.4 Å². The van der Waals surface area contributed by atoms with E-state index < -0.39 is 0 Å². The van der Waals surface area contributed by atoms with Gasteiger partial charge in [0.1, 0.15) is 5.75 Å². The number of benzene rings is 1. The van der Waals surface area contributed by atoms with Crippen molar-refractivity contribution in [1.82, 2.24) is 10.2 Å². The van der Waals surface area contributed by atoms with Gasteiger partial charge in [-0.3, -0.25) is 0 Å². The molecule has 2 rings (SSSR count). The molecular weight excluding hydrogens is 316 g/mol. The van der Waals surface area contributed by atoms with Crippen LogP contribution in [-0.2, 0) is 0 Å². The van der Waals surface area contributed by atoms with Gasteiger partial charge in [-0.05, 0) is 45.7 Å². The third-order valence-electron chi connectivity index (χ3n) is 4.14. The Hall–Kier alpha value is -2.37. The third-order valence-corrected chi connectivity index (χ3v) is 4.14. The Labute approximate surface area is 150 Å². The summed E-state index contributed by atoms with van der Waals surface area (Å²) in [6, 6.07) is 5.44. The largest absolute Gasteiger partial charge is 0.492 e. The average molecular weight is 346 g/mol. The number of urea groups is 1. The van der Waals surface area contributed by atoms with Gasteiger partial charge in [0.15, 0.2) is 0 Å². The molecule has 0 spiro atoms. The Balaban J connectivity index is 1.97. The van der Waals surface area contributed by atoms with E-state index in [-0.39, 0.29) is 17.5 Å². The van der Waals surface area contributed by atoms with Crippen LogP contribution in [0.3, 0.4) is 0 Å². The van der Waals surface area contributed by atoms with E-state index in [0.29, 0.717) is 35.8 Å². The molecule has 25 heavy (non-hydrogen) atoms. The molecule has 0 saturated carbocycles. The number of hydrogen-bond donors (Lipinski definition) is 3. The maximum atomic E-state index is 12.4. The van der Waals surface area contributed by atoms with Crippen molar-refractivity contribution >= 4 is 17.4 Å². The molecule has 6 heteroatoms. The first-order chi connectivity index (χ1) is 11.7. The van der Waals surface area contributed by atoms with Gasteiger partial charge in [-0.1, -0.05) is 12.6 Å². The summed E-state index contributed by atoms with van der Waals surface area (Å²) in [6.45, 7) is 11.7. The van der Waals surface area contributed by atoms with Crippen molar-refractivity contribution < 1.29 is 9.53 Å². The molecule has 1 aromatic rings. The average Bonchev–Trinajstić information content (AvgIpc) is 2.51. The van der Waals surface area contributed by atoms with Crippen LogP contribution in [0.4, 0.5) is 10.5 Å². The molecule has 1 atom stereocenters. The lowest BCUT2D eigenvalue weighted by Gasteiger charge is -2.35. The first kappa shape index (κ1) is 19.0. The van der Waals surface area contributed by atoms with E-state index in [1.165, 1.54) is 0 Å². The molecule has 1 heterocycles. The van der Waals surface area contributed by atoms with Crippen LogP contribution in [0.1, 0.15) is 39.2 Å². The van der Waals surface area contributed by atoms with E-state index in [1.54, 1.807) is 6.07 Å².